The first-order valence-electron chi connectivity index (χ1n) is 6.32. The Morgan fingerprint density at radius 3 is 2.67 bits per heavy atom. The summed E-state index contributed by atoms with van der Waals surface area (Å²) in [5.41, 5.74) is 0.968. The fourth-order valence-electron chi connectivity index (χ4n) is 1.64. The smallest absolute Gasteiger partial charge is 0.122 e. The summed E-state index contributed by atoms with van der Waals surface area (Å²) in [6.45, 7) is 4.29. The van der Waals surface area contributed by atoms with Crippen molar-refractivity contribution in [3.05, 3.63) is 28.8 Å². The molecular weight excluding hydrogens is 252 g/mol. The van der Waals surface area contributed by atoms with Gasteiger partial charge in [0.2, 0.25) is 0 Å². The lowest BCUT2D eigenvalue weighted by Crippen LogP contribution is -2.22. The van der Waals surface area contributed by atoms with Crippen molar-refractivity contribution in [1.82, 2.24) is 0 Å². The van der Waals surface area contributed by atoms with E-state index in [1.807, 2.05) is 19.1 Å². The Labute approximate surface area is 113 Å². The number of aliphatic hydroxyl groups excluding tert-OH is 2. The normalized spacial score (nSPS) is 14.3. The number of benzene rings is 1. The van der Waals surface area contributed by atoms with Gasteiger partial charge in [0, 0.05) is 5.02 Å². The van der Waals surface area contributed by atoms with Gasteiger partial charge in [-0.05, 0) is 49.9 Å². The Morgan fingerprint density at radius 1 is 1.33 bits per heavy atom. The quantitative estimate of drug-likeness (QED) is 0.802. The van der Waals surface area contributed by atoms with E-state index >= 15 is 0 Å². The monoisotopic (exact) mass is 272 g/mol. The third-order valence-electron chi connectivity index (χ3n) is 2.75. The van der Waals surface area contributed by atoms with Gasteiger partial charge in [-0.15, -0.1) is 0 Å². The van der Waals surface area contributed by atoms with Crippen LogP contribution in [-0.4, -0.2) is 29.0 Å². The number of hydrogen-bond donors (Lipinski definition) is 2. The molecule has 1 aromatic rings. The van der Waals surface area contributed by atoms with Gasteiger partial charge in [-0.25, -0.2) is 0 Å². The van der Waals surface area contributed by atoms with Crippen LogP contribution < -0.4 is 4.74 Å². The molecule has 0 spiro atoms. The van der Waals surface area contributed by atoms with E-state index in [4.69, 9.17) is 16.3 Å². The van der Waals surface area contributed by atoms with Crippen LogP contribution in [0.15, 0.2) is 18.2 Å². The molecule has 0 amide bonds. The van der Waals surface area contributed by atoms with E-state index in [1.165, 1.54) is 0 Å². The van der Waals surface area contributed by atoms with Gasteiger partial charge in [0.05, 0.1) is 18.8 Å². The summed E-state index contributed by atoms with van der Waals surface area (Å²) in [5.74, 6) is 0.805. The maximum absolute atomic E-state index is 9.60. The van der Waals surface area contributed by atoms with Gasteiger partial charge >= 0.3 is 0 Å². The van der Waals surface area contributed by atoms with Crippen LogP contribution in [0.25, 0.3) is 0 Å². The minimum Gasteiger partial charge on any atom is -0.493 e. The highest BCUT2D eigenvalue weighted by Gasteiger charge is 2.13. The van der Waals surface area contributed by atoms with Crippen molar-refractivity contribution >= 4 is 11.6 Å². The van der Waals surface area contributed by atoms with Crippen molar-refractivity contribution in [2.75, 3.05) is 6.61 Å². The Hall–Kier alpha value is -0.770. The summed E-state index contributed by atoms with van der Waals surface area (Å²) >= 11 is 5.96. The maximum Gasteiger partial charge on any atom is 0.122 e. The molecule has 2 atom stereocenters. The van der Waals surface area contributed by atoms with Gasteiger partial charge in [-0.1, -0.05) is 18.5 Å². The van der Waals surface area contributed by atoms with Crippen LogP contribution in [0.5, 0.6) is 5.75 Å². The number of rotatable bonds is 7. The molecule has 0 radical (unpaired) electrons. The third-order valence-corrected chi connectivity index (χ3v) is 2.99. The number of hydrogen-bond acceptors (Lipinski definition) is 3. The van der Waals surface area contributed by atoms with Crippen molar-refractivity contribution in [1.29, 1.82) is 0 Å². The summed E-state index contributed by atoms with van der Waals surface area (Å²) in [7, 11) is 0. The van der Waals surface area contributed by atoms with Crippen molar-refractivity contribution < 1.29 is 14.9 Å². The van der Waals surface area contributed by atoms with Crippen LogP contribution in [0.4, 0.5) is 0 Å². The molecule has 0 saturated carbocycles. The minimum atomic E-state index is -0.719. The lowest BCUT2D eigenvalue weighted by Gasteiger charge is -2.15. The third kappa shape index (κ3) is 4.84. The maximum atomic E-state index is 9.60. The van der Waals surface area contributed by atoms with Crippen LogP contribution in [0.1, 0.15) is 32.3 Å². The highest BCUT2D eigenvalue weighted by Crippen LogP contribution is 2.25. The molecule has 1 rings (SSSR count). The zero-order valence-corrected chi connectivity index (χ0v) is 11.7. The first-order chi connectivity index (χ1) is 8.54. The molecule has 4 heteroatoms. The number of halogens is 1. The molecule has 0 heterocycles. The van der Waals surface area contributed by atoms with E-state index in [0.717, 1.165) is 17.7 Å². The SMILES string of the molecule is CCCOc1ccc(Cl)cc1CCC(O)C(C)O. The Kier molecular flexibility index (Phi) is 6.47. The lowest BCUT2D eigenvalue weighted by atomic mass is 10.0. The molecule has 0 aliphatic heterocycles. The van der Waals surface area contributed by atoms with Gasteiger partial charge in [0.15, 0.2) is 0 Å². The largest absolute Gasteiger partial charge is 0.493 e. The number of aliphatic hydroxyl groups is 2. The molecule has 0 aliphatic rings. The highest BCUT2D eigenvalue weighted by molar-refractivity contribution is 6.30. The van der Waals surface area contributed by atoms with Gasteiger partial charge < -0.3 is 14.9 Å². The molecule has 0 aliphatic carbocycles. The average Bonchev–Trinajstić information content (AvgIpc) is 2.34. The van der Waals surface area contributed by atoms with E-state index in [9.17, 15) is 10.2 Å². The molecule has 2 N–H and O–H groups in total. The standard InChI is InChI=1S/C14H21ClO3/c1-3-8-18-14-7-5-12(15)9-11(14)4-6-13(17)10(2)16/h5,7,9-10,13,16-17H,3-4,6,8H2,1-2H3. The lowest BCUT2D eigenvalue weighted by molar-refractivity contribution is 0.0264. The fraction of sp³-hybridized carbons (Fsp3) is 0.571. The topological polar surface area (TPSA) is 49.7 Å². The minimum absolute atomic E-state index is 0.487. The highest BCUT2D eigenvalue weighted by atomic mass is 35.5. The van der Waals surface area contributed by atoms with E-state index in [0.29, 0.717) is 24.5 Å². The van der Waals surface area contributed by atoms with Crippen molar-refractivity contribution in [2.45, 2.75) is 45.3 Å². The Balaban J connectivity index is 2.69. The number of aryl methyl sites for hydroxylation is 1. The molecule has 0 bridgehead atoms. The summed E-state index contributed by atoms with van der Waals surface area (Å²) in [5, 5.41) is 19.5. The summed E-state index contributed by atoms with van der Waals surface area (Å²) in [4.78, 5) is 0. The van der Waals surface area contributed by atoms with Crippen molar-refractivity contribution in [2.24, 2.45) is 0 Å². The molecular formula is C14H21ClO3. The van der Waals surface area contributed by atoms with Crippen LogP contribution in [0, 0.1) is 0 Å². The van der Waals surface area contributed by atoms with E-state index in [2.05, 4.69) is 0 Å². The molecule has 18 heavy (non-hydrogen) atoms. The molecule has 1 aromatic carbocycles. The summed E-state index contributed by atoms with van der Waals surface area (Å²) < 4.78 is 5.63. The predicted octanol–water partition coefficient (Wildman–Crippen LogP) is 2.80. The van der Waals surface area contributed by atoms with Gasteiger partial charge in [-0.3, -0.25) is 0 Å². The first-order valence-corrected chi connectivity index (χ1v) is 6.69. The van der Waals surface area contributed by atoms with Crippen molar-refractivity contribution in [3.63, 3.8) is 0 Å². The first kappa shape index (κ1) is 15.3. The van der Waals surface area contributed by atoms with E-state index in [1.54, 1.807) is 13.0 Å². The second-order valence-electron chi connectivity index (χ2n) is 4.45. The summed E-state index contributed by atoms with van der Waals surface area (Å²) in [6.07, 6.45) is 0.622. The molecule has 0 fully saturated rings. The molecule has 0 saturated heterocycles. The molecule has 2 unspecified atom stereocenters. The van der Waals surface area contributed by atoms with E-state index in [-0.39, 0.29) is 0 Å². The zero-order chi connectivity index (χ0) is 13.5. The Bertz CT molecular complexity index is 366. The molecule has 102 valence electrons. The molecule has 3 nitrogen and oxygen atoms in total. The second kappa shape index (κ2) is 7.62. The fourth-order valence-corrected chi connectivity index (χ4v) is 1.84. The van der Waals surface area contributed by atoms with Gasteiger partial charge in [0.1, 0.15) is 5.75 Å². The van der Waals surface area contributed by atoms with E-state index < -0.39 is 12.2 Å². The number of ether oxygens (including phenoxy) is 1. The van der Waals surface area contributed by atoms with Crippen LogP contribution >= 0.6 is 11.6 Å². The van der Waals surface area contributed by atoms with Crippen LogP contribution in [0.3, 0.4) is 0 Å². The Morgan fingerprint density at radius 2 is 2.06 bits per heavy atom. The second-order valence-corrected chi connectivity index (χ2v) is 4.88. The zero-order valence-electron chi connectivity index (χ0n) is 10.9. The van der Waals surface area contributed by atoms with Crippen molar-refractivity contribution in [3.8, 4) is 5.75 Å². The molecule has 0 aromatic heterocycles. The van der Waals surface area contributed by atoms with Crippen LogP contribution in [-0.2, 0) is 6.42 Å². The predicted molar refractivity (Wildman–Crippen MR) is 73.2 cm³/mol. The van der Waals surface area contributed by atoms with Gasteiger partial charge in [-0.2, -0.15) is 0 Å². The average molecular weight is 273 g/mol. The summed E-state index contributed by atoms with van der Waals surface area (Å²) in [6, 6.07) is 5.49. The van der Waals surface area contributed by atoms with Gasteiger partial charge in [0.25, 0.3) is 0 Å². The van der Waals surface area contributed by atoms with Crippen LogP contribution in [0.2, 0.25) is 5.02 Å².